The lowest BCUT2D eigenvalue weighted by molar-refractivity contribution is -0.0641. The van der Waals surface area contributed by atoms with Crippen molar-refractivity contribution in [2.24, 2.45) is 0 Å². The molecule has 1 N–H and O–H groups in total. The molecule has 3 heteroatoms. The van der Waals surface area contributed by atoms with Crippen LogP contribution in [0.2, 0.25) is 0 Å². The van der Waals surface area contributed by atoms with Crippen molar-refractivity contribution in [3.05, 3.63) is 12.2 Å². The van der Waals surface area contributed by atoms with Crippen molar-refractivity contribution >= 4 is 0 Å². The first-order valence-corrected chi connectivity index (χ1v) is 6.94. The van der Waals surface area contributed by atoms with Crippen molar-refractivity contribution in [2.75, 3.05) is 26.2 Å². The summed E-state index contributed by atoms with van der Waals surface area (Å²) in [5.74, 6) is 0. The molecule has 3 unspecified atom stereocenters. The minimum Gasteiger partial charge on any atom is -0.374 e. The number of likely N-dealkylation sites (N-methyl/N-ethyl adjacent to an activating group) is 1. The van der Waals surface area contributed by atoms with E-state index < -0.39 is 0 Å². The van der Waals surface area contributed by atoms with E-state index in [1.165, 1.54) is 25.0 Å². The van der Waals surface area contributed by atoms with Gasteiger partial charge in [0.2, 0.25) is 0 Å². The molecule has 0 saturated carbocycles. The third kappa shape index (κ3) is 3.30. The predicted octanol–water partition coefficient (Wildman–Crippen LogP) is 1.79. The maximum atomic E-state index is 6.06. The third-order valence-electron chi connectivity index (χ3n) is 3.90. The number of hydrogen-bond donors (Lipinski definition) is 1. The Morgan fingerprint density at radius 1 is 1.59 bits per heavy atom. The van der Waals surface area contributed by atoms with Gasteiger partial charge in [0.1, 0.15) is 0 Å². The molecule has 98 valence electrons. The molecule has 0 aliphatic carbocycles. The minimum absolute atomic E-state index is 0.334. The second-order valence-electron chi connectivity index (χ2n) is 5.49. The Morgan fingerprint density at radius 3 is 3.12 bits per heavy atom. The molecule has 0 bridgehead atoms. The average Bonchev–Trinajstić information content (AvgIpc) is 2.74. The van der Waals surface area contributed by atoms with Gasteiger partial charge in [0, 0.05) is 18.6 Å². The van der Waals surface area contributed by atoms with Crippen LogP contribution in [-0.2, 0) is 4.74 Å². The van der Waals surface area contributed by atoms with Gasteiger partial charge in [0.25, 0.3) is 0 Å². The lowest BCUT2D eigenvalue weighted by atomic mass is 10.0. The molecule has 0 aromatic heterocycles. The smallest absolute Gasteiger partial charge is 0.0858 e. The number of ether oxygens (including phenoxy) is 1. The van der Waals surface area contributed by atoms with Crippen LogP contribution < -0.4 is 5.32 Å². The Morgan fingerprint density at radius 2 is 2.41 bits per heavy atom. The Balaban J connectivity index is 1.91. The van der Waals surface area contributed by atoms with Gasteiger partial charge < -0.3 is 10.1 Å². The number of nitrogens with zero attached hydrogens (tertiary/aromatic N) is 1. The van der Waals surface area contributed by atoms with E-state index >= 15 is 0 Å². The summed E-state index contributed by atoms with van der Waals surface area (Å²) < 4.78 is 6.06. The van der Waals surface area contributed by atoms with Crippen LogP contribution in [0.3, 0.4) is 0 Å². The third-order valence-corrected chi connectivity index (χ3v) is 3.90. The summed E-state index contributed by atoms with van der Waals surface area (Å²) in [7, 11) is 0. The van der Waals surface area contributed by atoms with Gasteiger partial charge in [-0.15, -0.1) is 6.58 Å². The lowest BCUT2D eigenvalue weighted by Gasteiger charge is -2.39. The summed E-state index contributed by atoms with van der Waals surface area (Å²) in [6.45, 7) is 12.6. The normalized spacial score (nSPS) is 31.2. The van der Waals surface area contributed by atoms with Gasteiger partial charge in [-0.1, -0.05) is 12.5 Å². The zero-order valence-corrected chi connectivity index (χ0v) is 11.2. The summed E-state index contributed by atoms with van der Waals surface area (Å²) >= 11 is 0. The van der Waals surface area contributed by atoms with Crippen LogP contribution in [0.5, 0.6) is 0 Å². The first-order valence-electron chi connectivity index (χ1n) is 6.94. The molecule has 0 radical (unpaired) electrons. The van der Waals surface area contributed by atoms with E-state index in [9.17, 15) is 0 Å². The number of nitrogens with one attached hydrogen (secondary N) is 1. The van der Waals surface area contributed by atoms with E-state index in [0.29, 0.717) is 18.2 Å². The van der Waals surface area contributed by atoms with Crippen LogP contribution in [0.15, 0.2) is 12.2 Å². The molecule has 3 nitrogen and oxygen atoms in total. The van der Waals surface area contributed by atoms with E-state index in [1.807, 2.05) is 0 Å². The average molecular weight is 238 g/mol. The molecule has 2 rings (SSSR count). The van der Waals surface area contributed by atoms with Crippen LogP contribution >= 0.6 is 0 Å². The van der Waals surface area contributed by atoms with Gasteiger partial charge in [-0.2, -0.15) is 0 Å². The summed E-state index contributed by atoms with van der Waals surface area (Å²) in [5, 5.41) is 3.55. The fourth-order valence-electron chi connectivity index (χ4n) is 3.06. The molecule has 0 spiro atoms. The Kier molecular flexibility index (Phi) is 4.60. The first kappa shape index (κ1) is 13.1. The van der Waals surface area contributed by atoms with Gasteiger partial charge in [-0.05, 0) is 39.3 Å². The van der Waals surface area contributed by atoms with Gasteiger partial charge in [0.05, 0.1) is 12.7 Å². The number of hydrogen-bond acceptors (Lipinski definition) is 3. The molecule has 0 amide bonds. The molecule has 17 heavy (non-hydrogen) atoms. The fraction of sp³-hybridized carbons (Fsp3) is 0.857. The second kappa shape index (κ2) is 5.98. The zero-order valence-electron chi connectivity index (χ0n) is 11.2. The van der Waals surface area contributed by atoms with Crippen molar-refractivity contribution < 1.29 is 4.74 Å². The number of fused-ring (bicyclic) bond motifs is 1. The summed E-state index contributed by atoms with van der Waals surface area (Å²) in [4.78, 5) is 2.61. The van der Waals surface area contributed by atoms with E-state index in [1.54, 1.807) is 0 Å². The van der Waals surface area contributed by atoms with Crippen molar-refractivity contribution in [1.29, 1.82) is 0 Å². The highest BCUT2D eigenvalue weighted by atomic mass is 16.5. The van der Waals surface area contributed by atoms with Crippen molar-refractivity contribution in [3.8, 4) is 0 Å². The van der Waals surface area contributed by atoms with Crippen molar-refractivity contribution in [3.63, 3.8) is 0 Å². The fourth-order valence-corrected chi connectivity index (χ4v) is 3.06. The topological polar surface area (TPSA) is 24.5 Å². The van der Waals surface area contributed by atoms with Crippen LogP contribution in [0.4, 0.5) is 0 Å². The predicted molar refractivity (Wildman–Crippen MR) is 71.2 cm³/mol. The van der Waals surface area contributed by atoms with Crippen molar-refractivity contribution in [2.45, 2.75) is 51.3 Å². The van der Waals surface area contributed by atoms with Crippen LogP contribution in [0.25, 0.3) is 0 Å². The monoisotopic (exact) mass is 238 g/mol. The zero-order chi connectivity index (χ0) is 12.3. The molecular formula is C14H26N2O. The standard InChI is InChI=1S/C14H26N2O/c1-4-15-13(8-11(2)3)14-9-16-7-5-6-12(16)10-17-14/h12-15H,2,4-10H2,1,3H3. The van der Waals surface area contributed by atoms with E-state index in [0.717, 1.165) is 26.1 Å². The highest BCUT2D eigenvalue weighted by molar-refractivity contribution is 4.98. The van der Waals surface area contributed by atoms with Crippen LogP contribution in [-0.4, -0.2) is 49.3 Å². The highest BCUT2D eigenvalue weighted by Crippen LogP contribution is 2.25. The molecule has 3 atom stereocenters. The molecule has 0 aromatic rings. The SMILES string of the molecule is C=C(C)CC(NCC)C1CN2CCCC2CO1. The van der Waals surface area contributed by atoms with Crippen LogP contribution in [0.1, 0.15) is 33.1 Å². The summed E-state index contributed by atoms with van der Waals surface area (Å²) in [5.41, 5.74) is 1.24. The van der Waals surface area contributed by atoms with E-state index in [4.69, 9.17) is 4.74 Å². The van der Waals surface area contributed by atoms with Gasteiger partial charge in [-0.3, -0.25) is 4.90 Å². The molecule has 2 fully saturated rings. The highest BCUT2D eigenvalue weighted by Gasteiger charge is 2.35. The molecule has 2 aliphatic rings. The maximum Gasteiger partial charge on any atom is 0.0858 e. The first-order chi connectivity index (χ1) is 8.20. The summed E-state index contributed by atoms with van der Waals surface area (Å²) in [6, 6.07) is 1.12. The molecule has 0 aromatic carbocycles. The Hall–Kier alpha value is -0.380. The van der Waals surface area contributed by atoms with E-state index in [2.05, 4.69) is 30.6 Å². The van der Waals surface area contributed by atoms with Crippen molar-refractivity contribution in [1.82, 2.24) is 10.2 Å². The summed E-state index contributed by atoms with van der Waals surface area (Å²) in [6.07, 6.45) is 4.02. The van der Waals surface area contributed by atoms with Gasteiger partial charge >= 0.3 is 0 Å². The second-order valence-corrected chi connectivity index (χ2v) is 5.49. The van der Waals surface area contributed by atoms with E-state index in [-0.39, 0.29) is 0 Å². The number of rotatable bonds is 5. The quantitative estimate of drug-likeness (QED) is 0.739. The maximum absolute atomic E-state index is 6.06. The Labute approximate surface area is 105 Å². The molecule has 2 heterocycles. The minimum atomic E-state index is 0.334. The molecular weight excluding hydrogens is 212 g/mol. The number of morpholine rings is 1. The lowest BCUT2D eigenvalue weighted by Crippen LogP contribution is -2.54. The van der Waals surface area contributed by atoms with Crippen LogP contribution in [0, 0.1) is 0 Å². The Bertz CT molecular complexity index is 267. The van der Waals surface area contributed by atoms with Gasteiger partial charge in [-0.25, -0.2) is 0 Å². The largest absolute Gasteiger partial charge is 0.374 e. The molecule has 2 aliphatic heterocycles. The van der Waals surface area contributed by atoms with Gasteiger partial charge in [0.15, 0.2) is 0 Å². The molecule has 2 saturated heterocycles.